The van der Waals surface area contributed by atoms with Gasteiger partial charge in [0.25, 0.3) is 0 Å². The van der Waals surface area contributed by atoms with E-state index in [4.69, 9.17) is 11.6 Å². The number of aromatic nitrogens is 3. The van der Waals surface area contributed by atoms with Crippen molar-refractivity contribution >= 4 is 34.7 Å². The zero-order valence-corrected chi connectivity index (χ0v) is 11.8. The van der Waals surface area contributed by atoms with Crippen LogP contribution in [0, 0.1) is 6.92 Å². The van der Waals surface area contributed by atoms with Crippen LogP contribution in [-0.2, 0) is 6.54 Å². The Bertz CT molecular complexity index is 528. The summed E-state index contributed by atoms with van der Waals surface area (Å²) in [6.07, 6.45) is 1.59. The van der Waals surface area contributed by atoms with Crippen LogP contribution >= 0.6 is 22.9 Å². The smallest absolute Gasteiger partial charge is 0.224 e. The van der Waals surface area contributed by atoms with Gasteiger partial charge >= 0.3 is 0 Å². The van der Waals surface area contributed by atoms with Crippen molar-refractivity contribution in [3.05, 3.63) is 27.3 Å². The minimum atomic E-state index is 0.513. The van der Waals surface area contributed by atoms with Crippen molar-refractivity contribution in [1.29, 1.82) is 0 Å². The Labute approximate surface area is 115 Å². The standard InChI is InChI=1S/C11H14ClN5S/c1-3-13-11-15-4-8(12)10(17-11)14-5-9-7(2)16-6-18-9/h4,6H,3,5H2,1-2H3,(H2,13,14,15,17). The Balaban J connectivity index is 2.08. The summed E-state index contributed by atoms with van der Waals surface area (Å²) in [5, 5.41) is 6.76. The molecule has 0 radical (unpaired) electrons. The summed E-state index contributed by atoms with van der Waals surface area (Å²) in [6, 6.07) is 0. The summed E-state index contributed by atoms with van der Waals surface area (Å²) >= 11 is 7.66. The largest absolute Gasteiger partial charge is 0.364 e. The van der Waals surface area contributed by atoms with Gasteiger partial charge in [0.2, 0.25) is 5.95 Å². The van der Waals surface area contributed by atoms with Crippen LogP contribution in [0.15, 0.2) is 11.7 Å². The Morgan fingerprint density at radius 3 is 2.83 bits per heavy atom. The molecule has 18 heavy (non-hydrogen) atoms. The molecule has 0 aromatic carbocycles. The number of hydrogen-bond donors (Lipinski definition) is 2. The first-order valence-corrected chi connectivity index (χ1v) is 6.85. The van der Waals surface area contributed by atoms with Crippen LogP contribution in [0.2, 0.25) is 5.02 Å². The first-order chi connectivity index (χ1) is 8.70. The zero-order valence-electron chi connectivity index (χ0n) is 10.2. The maximum absolute atomic E-state index is 6.05. The number of nitrogens with zero attached hydrogens (tertiary/aromatic N) is 3. The normalized spacial score (nSPS) is 10.4. The molecule has 0 amide bonds. The minimum Gasteiger partial charge on any atom is -0.364 e. The molecule has 0 saturated heterocycles. The molecule has 0 spiro atoms. The third kappa shape index (κ3) is 3.08. The zero-order chi connectivity index (χ0) is 13.0. The number of hydrogen-bond acceptors (Lipinski definition) is 6. The van der Waals surface area contributed by atoms with Gasteiger partial charge in [-0.05, 0) is 13.8 Å². The van der Waals surface area contributed by atoms with Crippen LogP contribution in [0.4, 0.5) is 11.8 Å². The van der Waals surface area contributed by atoms with Gasteiger partial charge in [0.15, 0.2) is 5.82 Å². The third-order valence-electron chi connectivity index (χ3n) is 2.34. The lowest BCUT2D eigenvalue weighted by Gasteiger charge is -2.08. The molecule has 0 aliphatic heterocycles. The second-order valence-electron chi connectivity index (χ2n) is 3.63. The Hall–Kier alpha value is -1.40. The summed E-state index contributed by atoms with van der Waals surface area (Å²) in [5.41, 5.74) is 2.86. The second-order valence-corrected chi connectivity index (χ2v) is 4.98. The van der Waals surface area contributed by atoms with Crippen molar-refractivity contribution in [3.63, 3.8) is 0 Å². The molecule has 96 valence electrons. The molecule has 0 aliphatic carbocycles. The highest BCUT2D eigenvalue weighted by Gasteiger charge is 2.06. The number of aryl methyl sites for hydroxylation is 1. The SMILES string of the molecule is CCNc1ncc(Cl)c(NCc2scnc2C)n1. The maximum Gasteiger partial charge on any atom is 0.224 e. The molecule has 2 aromatic rings. The minimum absolute atomic E-state index is 0.513. The van der Waals surface area contributed by atoms with Crippen molar-refractivity contribution in [1.82, 2.24) is 15.0 Å². The Morgan fingerprint density at radius 1 is 1.33 bits per heavy atom. The van der Waals surface area contributed by atoms with Gasteiger partial charge < -0.3 is 10.6 Å². The van der Waals surface area contributed by atoms with Gasteiger partial charge in [0.05, 0.1) is 23.9 Å². The average molecular weight is 284 g/mol. The highest BCUT2D eigenvalue weighted by Crippen LogP contribution is 2.21. The van der Waals surface area contributed by atoms with Gasteiger partial charge in [0, 0.05) is 11.4 Å². The summed E-state index contributed by atoms with van der Waals surface area (Å²) in [4.78, 5) is 13.8. The van der Waals surface area contributed by atoms with Crippen LogP contribution in [0.5, 0.6) is 0 Å². The van der Waals surface area contributed by atoms with Gasteiger partial charge in [0.1, 0.15) is 5.02 Å². The predicted octanol–water partition coefficient (Wildman–Crippen LogP) is 2.94. The van der Waals surface area contributed by atoms with E-state index in [-0.39, 0.29) is 0 Å². The lowest BCUT2D eigenvalue weighted by Crippen LogP contribution is -2.06. The molecular weight excluding hydrogens is 270 g/mol. The highest BCUT2D eigenvalue weighted by atomic mass is 35.5. The molecule has 0 saturated carbocycles. The molecule has 0 aliphatic rings. The van der Waals surface area contributed by atoms with Gasteiger partial charge in [-0.25, -0.2) is 9.97 Å². The highest BCUT2D eigenvalue weighted by molar-refractivity contribution is 7.09. The van der Waals surface area contributed by atoms with Crippen LogP contribution in [0.1, 0.15) is 17.5 Å². The second kappa shape index (κ2) is 5.97. The van der Waals surface area contributed by atoms with E-state index < -0.39 is 0 Å². The maximum atomic E-state index is 6.05. The van der Waals surface area contributed by atoms with E-state index in [1.807, 2.05) is 19.4 Å². The number of halogens is 1. The first-order valence-electron chi connectivity index (χ1n) is 5.60. The van der Waals surface area contributed by atoms with Crippen molar-refractivity contribution in [2.75, 3.05) is 17.2 Å². The molecule has 0 bridgehead atoms. The molecule has 0 unspecified atom stereocenters. The van der Waals surface area contributed by atoms with Gasteiger partial charge in [-0.3, -0.25) is 0 Å². The Kier molecular flexibility index (Phi) is 4.33. The lowest BCUT2D eigenvalue weighted by atomic mass is 10.4. The van der Waals surface area contributed by atoms with Gasteiger partial charge in [-0.15, -0.1) is 11.3 Å². The summed E-state index contributed by atoms with van der Waals surface area (Å²) in [6.45, 7) is 5.42. The molecular formula is C11H14ClN5S. The predicted molar refractivity (Wildman–Crippen MR) is 75.4 cm³/mol. The van der Waals surface area contributed by atoms with Crippen LogP contribution in [-0.4, -0.2) is 21.5 Å². The number of nitrogens with one attached hydrogen (secondary N) is 2. The van der Waals surface area contributed by atoms with E-state index in [1.54, 1.807) is 17.5 Å². The van der Waals surface area contributed by atoms with Crippen molar-refractivity contribution in [2.45, 2.75) is 20.4 Å². The van der Waals surface area contributed by atoms with Gasteiger partial charge in [-0.2, -0.15) is 4.98 Å². The number of rotatable bonds is 5. The molecule has 5 nitrogen and oxygen atoms in total. The number of thiazole rings is 1. The van der Waals surface area contributed by atoms with Crippen LogP contribution in [0.3, 0.4) is 0 Å². The average Bonchev–Trinajstić information content (AvgIpc) is 2.76. The fourth-order valence-electron chi connectivity index (χ4n) is 1.39. The first kappa shape index (κ1) is 13.0. The molecule has 2 aromatic heterocycles. The van der Waals surface area contributed by atoms with Crippen molar-refractivity contribution in [2.24, 2.45) is 0 Å². The van der Waals surface area contributed by atoms with E-state index in [9.17, 15) is 0 Å². The molecule has 0 fully saturated rings. The van der Waals surface area contributed by atoms with E-state index in [1.165, 1.54) is 4.88 Å². The summed E-state index contributed by atoms with van der Waals surface area (Å²) in [7, 11) is 0. The molecule has 2 rings (SSSR count). The topological polar surface area (TPSA) is 62.7 Å². The number of anilines is 2. The van der Waals surface area contributed by atoms with Crippen molar-refractivity contribution < 1.29 is 0 Å². The van der Waals surface area contributed by atoms with E-state index in [0.29, 0.717) is 23.3 Å². The molecule has 0 atom stereocenters. The van der Waals surface area contributed by atoms with E-state index >= 15 is 0 Å². The third-order valence-corrected chi connectivity index (χ3v) is 3.55. The fourth-order valence-corrected chi connectivity index (χ4v) is 2.27. The van der Waals surface area contributed by atoms with E-state index in [2.05, 4.69) is 25.6 Å². The van der Waals surface area contributed by atoms with E-state index in [0.717, 1.165) is 12.2 Å². The quantitative estimate of drug-likeness (QED) is 0.883. The lowest BCUT2D eigenvalue weighted by molar-refractivity contribution is 1.05. The fraction of sp³-hybridized carbons (Fsp3) is 0.364. The monoisotopic (exact) mass is 283 g/mol. The molecule has 2 N–H and O–H groups in total. The van der Waals surface area contributed by atoms with Crippen molar-refractivity contribution in [3.8, 4) is 0 Å². The van der Waals surface area contributed by atoms with Crippen LogP contribution in [0.25, 0.3) is 0 Å². The Morgan fingerprint density at radius 2 is 2.17 bits per heavy atom. The molecule has 2 heterocycles. The molecule has 7 heteroatoms. The summed E-state index contributed by atoms with van der Waals surface area (Å²) in [5.74, 6) is 1.21. The van der Waals surface area contributed by atoms with Gasteiger partial charge in [-0.1, -0.05) is 11.6 Å². The van der Waals surface area contributed by atoms with Crippen LogP contribution < -0.4 is 10.6 Å². The summed E-state index contributed by atoms with van der Waals surface area (Å²) < 4.78 is 0.